The number of hydrogen-bond acceptors (Lipinski definition) is 2. The SMILES string of the molecule is CCN(CC)C(C)CNCC(C)c1ccccc1. The van der Waals surface area contributed by atoms with Crippen LogP contribution >= 0.6 is 0 Å². The van der Waals surface area contributed by atoms with Crippen molar-refractivity contribution < 1.29 is 0 Å². The molecule has 0 saturated heterocycles. The van der Waals surface area contributed by atoms with Crippen molar-refractivity contribution in [1.82, 2.24) is 10.2 Å². The molecule has 0 aliphatic heterocycles. The molecule has 0 bridgehead atoms. The third-order valence-corrected chi connectivity index (χ3v) is 3.69. The minimum Gasteiger partial charge on any atom is -0.315 e. The van der Waals surface area contributed by atoms with Gasteiger partial charge in [0.05, 0.1) is 0 Å². The van der Waals surface area contributed by atoms with Crippen LogP contribution in [0.1, 0.15) is 39.2 Å². The molecule has 0 spiro atoms. The van der Waals surface area contributed by atoms with E-state index in [2.05, 4.69) is 68.2 Å². The molecule has 18 heavy (non-hydrogen) atoms. The Morgan fingerprint density at radius 1 is 1.00 bits per heavy atom. The van der Waals surface area contributed by atoms with Gasteiger partial charge in [-0.3, -0.25) is 4.90 Å². The summed E-state index contributed by atoms with van der Waals surface area (Å²) >= 11 is 0. The van der Waals surface area contributed by atoms with Crippen molar-refractivity contribution in [2.24, 2.45) is 0 Å². The van der Waals surface area contributed by atoms with Gasteiger partial charge in [0, 0.05) is 19.1 Å². The molecule has 1 rings (SSSR count). The standard InChI is InChI=1S/C16H28N2/c1-5-18(6-2)15(4)13-17-12-14(3)16-10-8-7-9-11-16/h7-11,14-15,17H,5-6,12-13H2,1-4H3. The fraction of sp³-hybridized carbons (Fsp3) is 0.625. The summed E-state index contributed by atoms with van der Waals surface area (Å²) in [4.78, 5) is 2.49. The number of nitrogens with one attached hydrogen (secondary N) is 1. The average Bonchev–Trinajstić information content (AvgIpc) is 2.41. The van der Waals surface area contributed by atoms with Crippen molar-refractivity contribution in [3.8, 4) is 0 Å². The molecule has 2 unspecified atom stereocenters. The Hall–Kier alpha value is -0.860. The highest BCUT2D eigenvalue weighted by molar-refractivity contribution is 5.18. The summed E-state index contributed by atoms with van der Waals surface area (Å²) in [6.45, 7) is 13.4. The zero-order chi connectivity index (χ0) is 13.4. The predicted octanol–water partition coefficient (Wildman–Crippen LogP) is 3.11. The minimum absolute atomic E-state index is 0.579. The first-order valence-electron chi connectivity index (χ1n) is 7.18. The highest BCUT2D eigenvalue weighted by atomic mass is 15.2. The van der Waals surface area contributed by atoms with Crippen LogP contribution in [-0.4, -0.2) is 37.1 Å². The number of benzene rings is 1. The van der Waals surface area contributed by atoms with Gasteiger partial charge in [0.15, 0.2) is 0 Å². The molecular weight excluding hydrogens is 220 g/mol. The Bertz CT molecular complexity index is 306. The van der Waals surface area contributed by atoms with Crippen molar-refractivity contribution in [2.45, 2.75) is 39.7 Å². The second-order valence-corrected chi connectivity index (χ2v) is 5.04. The fourth-order valence-corrected chi connectivity index (χ4v) is 2.38. The highest BCUT2D eigenvalue weighted by Crippen LogP contribution is 2.12. The van der Waals surface area contributed by atoms with Crippen molar-refractivity contribution in [1.29, 1.82) is 0 Å². The quantitative estimate of drug-likeness (QED) is 0.760. The third-order valence-electron chi connectivity index (χ3n) is 3.69. The van der Waals surface area contributed by atoms with Gasteiger partial charge >= 0.3 is 0 Å². The van der Waals surface area contributed by atoms with E-state index in [1.807, 2.05) is 0 Å². The summed E-state index contributed by atoms with van der Waals surface area (Å²) in [7, 11) is 0. The van der Waals surface area contributed by atoms with E-state index in [1.165, 1.54) is 5.56 Å². The Labute approximate surface area is 112 Å². The fourth-order valence-electron chi connectivity index (χ4n) is 2.38. The van der Waals surface area contributed by atoms with Gasteiger partial charge in [0.1, 0.15) is 0 Å². The van der Waals surface area contributed by atoms with E-state index in [4.69, 9.17) is 0 Å². The van der Waals surface area contributed by atoms with Crippen LogP contribution < -0.4 is 5.32 Å². The van der Waals surface area contributed by atoms with E-state index in [0.717, 1.165) is 26.2 Å². The zero-order valence-corrected chi connectivity index (χ0v) is 12.3. The summed E-state index contributed by atoms with van der Waals surface area (Å²) in [6, 6.07) is 11.3. The molecule has 0 aromatic heterocycles. The molecule has 0 fully saturated rings. The zero-order valence-electron chi connectivity index (χ0n) is 12.3. The van der Waals surface area contributed by atoms with E-state index in [-0.39, 0.29) is 0 Å². The molecule has 0 aliphatic carbocycles. The maximum Gasteiger partial charge on any atom is 0.0192 e. The van der Waals surface area contributed by atoms with E-state index in [1.54, 1.807) is 0 Å². The van der Waals surface area contributed by atoms with Crippen LogP contribution in [0.5, 0.6) is 0 Å². The Kier molecular flexibility index (Phi) is 6.99. The Morgan fingerprint density at radius 2 is 1.61 bits per heavy atom. The molecule has 2 nitrogen and oxygen atoms in total. The molecule has 102 valence electrons. The van der Waals surface area contributed by atoms with E-state index in [0.29, 0.717) is 12.0 Å². The maximum absolute atomic E-state index is 3.59. The van der Waals surface area contributed by atoms with Crippen LogP contribution in [0.2, 0.25) is 0 Å². The van der Waals surface area contributed by atoms with E-state index >= 15 is 0 Å². The monoisotopic (exact) mass is 248 g/mol. The summed E-state index contributed by atoms with van der Waals surface area (Å²) in [5.41, 5.74) is 1.42. The lowest BCUT2D eigenvalue weighted by Gasteiger charge is -2.27. The lowest BCUT2D eigenvalue weighted by atomic mass is 10.0. The second kappa shape index (κ2) is 8.28. The lowest BCUT2D eigenvalue weighted by molar-refractivity contribution is 0.225. The summed E-state index contributed by atoms with van der Waals surface area (Å²) in [6.07, 6.45) is 0. The minimum atomic E-state index is 0.579. The number of hydrogen-bond donors (Lipinski definition) is 1. The molecule has 2 atom stereocenters. The van der Waals surface area contributed by atoms with Gasteiger partial charge in [-0.2, -0.15) is 0 Å². The normalized spacial score (nSPS) is 14.7. The molecule has 0 saturated carbocycles. The molecule has 1 aromatic rings. The van der Waals surface area contributed by atoms with Crippen molar-refractivity contribution in [3.63, 3.8) is 0 Å². The first-order valence-corrected chi connectivity index (χ1v) is 7.18. The van der Waals surface area contributed by atoms with Crippen LogP contribution in [0, 0.1) is 0 Å². The van der Waals surface area contributed by atoms with Crippen molar-refractivity contribution >= 4 is 0 Å². The number of nitrogens with zero attached hydrogens (tertiary/aromatic N) is 1. The molecule has 1 N–H and O–H groups in total. The Morgan fingerprint density at radius 3 is 2.17 bits per heavy atom. The van der Waals surface area contributed by atoms with Crippen LogP contribution in [0.4, 0.5) is 0 Å². The van der Waals surface area contributed by atoms with Gasteiger partial charge in [-0.05, 0) is 31.5 Å². The topological polar surface area (TPSA) is 15.3 Å². The van der Waals surface area contributed by atoms with Gasteiger partial charge < -0.3 is 5.32 Å². The molecular formula is C16H28N2. The van der Waals surface area contributed by atoms with E-state index in [9.17, 15) is 0 Å². The largest absolute Gasteiger partial charge is 0.315 e. The lowest BCUT2D eigenvalue weighted by Crippen LogP contribution is -2.40. The first kappa shape index (κ1) is 15.2. The van der Waals surface area contributed by atoms with Gasteiger partial charge in [-0.1, -0.05) is 51.1 Å². The molecule has 0 amide bonds. The molecule has 0 aliphatic rings. The van der Waals surface area contributed by atoms with Crippen LogP contribution in [0.15, 0.2) is 30.3 Å². The summed E-state index contributed by atoms with van der Waals surface area (Å²) in [5.74, 6) is 0.579. The van der Waals surface area contributed by atoms with Gasteiger partial charge in [0.2, 0.25) is 0 Å². The van der Waals surface area contributed by atoms with Gasteiger partial charge in [-0.25, -0.2) is 0 Å². The first-order chi connectivity index (χ1) is 8.69. The molecule has 1 aromatic carbocycles. The molecule has 2 heteroatoms. The number of rotatable bonds is 8. The van der Waals surface area contributed by atoms with Crippen molar-refractivity contribution in [2.75, 3.05) is 26.2 Å². The average molecular weight is 248 g/mol. The Balaban J connectivity index is 2.29. The van der Waals surface area contributed by atoms with Crippen LogP contribution in [0.25, 0.3) is 0 Å². The van der Waals surface area contributed by atoms with Crippen molar-refractivity contribution in [3.05, 3.63) is 35.9 Å². The third kappa shape index (κ3) is 4.79. The van der Waals surface area contributed by atoms with Crippen LogP contribution in [0.3, 0.4) is 0 Å². The van der Waals surface area contributed by atoms with Gasteiger partial charge in [0.25, 0.3) is 0 Å². The second-order valence-electron chi connectivity index (χ2n) is 5.04. The maximum atomic E-state index is 3.59. The van der Waals surface area contributed by atoms with Crippen LogP contribution in [-0.2, 0) is 0 Å². The number of likely N-dealkylation sites (N-methyl/N-ethyl adjacent to an activating group) is 1. The summed E-state index contributed by atoms with van der Waals surface area (Å²) in [5, 5.41) is 3.59. The smallest absolute Gasteiger partial charge is 0.0192 e. The highest BCUT2D eigenvalue weighted by Gasteiger charge is 2.10. The van der Waals surface area contributed by atoms with E-state index < -0.39 is 0 Å². The molecule has 0 radical (unpaired) electrons. The summed E-state index contributed by atoms with van der Waals surface area (Å²) < 4.78 is 0. The molecule has 0 heterocycles. The van der Waals surface area contributed by atoms with Gasteiger partial charge in [-0.15, -0.1) is 0 Å². The predicted molar refractivity (Wildman–Crippen MR) is 80.1 cm³/mol.